The van der Waals surface area contributed by atoms with E-state index in [1.807, 2.05) is 53.7 Å². The number of aromatic nitrogens is 3. The van der Waals surface area contributed by atoms with Crippen LogP contribution in [0.4, 0.5) is 4.79 Å². The number of esters is 1. The Morgan fingerprint density at radius 3 is 2.40 bits per heavy atom. The van der Waals surface area contributed by atoms with Gasteiger partial charge in [-0.15, -0.1) is 0 Å². The van der Waals surface area contributed by atoms with Crippen molar-refractivity contribution in [3.8, 4) is 17.3 Å². The molecule has 1 saturated heterocycles. The lowest BCUT2D eigenvalue weighted by Gasteiger charge is -2.35. The normalized spacial score (nSPS) is 18.0. The lowest BCUT2D eigenvalue weighted by atomic mass is 9.85. The summed E-state index contributed by atoms with van der Waals surface area (Å²) in [6, 6.07) is 6.77. The van der Waals surface area contributed by atoms with Gasteiger partial charge < -0.3 is 29.7 Å². The Bertz CT molecular complexity index is 1440. The minimum atomic E-state index is -0.911. The molecule has 226 valence electrons. The number of methoxy groups -OCH3 is 2. The molecule has 1 aromatic carbocycles. The molecule has 42 heavy (non-hydrogen) atoms. The van der Waals surface area contributed by atoms with Crippen molar-refractivity contribution in [2.24, 2.45) is 5.41 Å². The van der Waals surface area contributed by atoms with Crippen LogP contribution in [0.3, 0.4) is 0 Å². The second-order valence-electron chi connectivity index (χ2n) is 12.5. The molecule has 0 spiro atoms. The van der Waals surface area contributed by atoms with Crippen LogP contribution in [-0.4, -0.2) is 82.1 Å². The number of carbonyl (C=O) groups excluding carboxylic acids is 3. The fourth-order valence-electron chi connectivity index (χ4n) is 4.90. The first kappa shape index (κ1) is 30.6. The van der Waals surface area contributed by atoms with E-state index in [-0.39, 0.29) is 13.0 Å². The van der Waals surface area contributed by atoms with Crippen LogP contribution in [0.5, 0.6) is 11.5 Å². The fraction of sp³-hybridized carbons (Fsp3) is 0.500. The number of hydrogen-bond acceptors (Lipinski definition) is 8. The van der Waals surface area contributed by atoms with E-state index in [0.29, 0.717) is 22.8 Å². The average Bonchev–Trinajstić information content (AvgIpc) is 3.59. The van der Waals surface area contributed by atoms with Gasteiger partial charge in [0, 0.05) is 41.9 Å². The van der Waals surface area contributed by atoms with Crippen molar-refractivity contribution in [3.05, 3.63) is 42.7 Å². The lowest BCUT2D eigenvalue weighted by molar-refractivity contribution is -0.152. The van der Waals surface area contributed by atoms with Crippen LogP contribution in [0.2, 0.25) is 0 Å². The number of nitrogens with zero attached hydrogens (tertiary/aromatic N) is 4. The van der Waals surface area contributed by atoms with E-state index in [4.69, 9.17) is 19.2 Å². The van der Waals surface area contributed by atoms with Gasteiger partial charge in [0.15, 0.2) is 5.82 Å². The van der Waals surface area contributed by atoms with E-state index in [1.54, 1.807) is 42.4 Å². The fourth-order valence-corrected chi connectivity index (χ4v) is 4.90. The molecular formula is C30H40N6O6. The van der Waals surface area contributed by atoms with Gasteiger partial charge in [-0.1, -0.05) is 20.8 Å². The Morgan fingerprint density at radius 2 is 1.81 bits per heavy atom. The molecule has 2 unspecified atom stereocenters. The van der Waals surface area contributed by atoms with Crippen LogP contribution in [0.15, 0.2) is 42.7 Å². The summed E-state index contributed by atoms with van der Waals surface area (Å²) in [6.45, 7) is 11.3. The number of pyridine rings is 1. The molecule has 12 heteroatoms. The van der Waals surface area contributed by atoms with E-state index in [0.717, 1.165) is 5.39 Å². The molecule has 1 aliphatic heterocycles. The van der Waals surface area contributed by atoms with Crippen molar-refractivity contribution in [1.29, 1.82) is 0 Å². The number of ether oxygens (including phenoxy) is 3. The van der Waals surface area contributed by atoms with Crippen molar-refractivity contribution in [2.45, 2.75) is 71.7 Å². The number of fused-ring (bicyclic) bond motifs is 1. The van der Waals surface area contributed by atoms with Gasteiger partial charge in [0.25, 0.3) is 0 Å². The molecule has 1 aliphatic rings. The van der Waals surface area contributed by atoms with Gasteiger partial charge in [-0.25, -0.2) is 19.3 Å². The quantitative estimate of drug-likeness (QED) is 0.406. The van der Waals surface area contributed by atoms with Crippen molar-refractivity contribution in [1.82, 2.24) is 30.3 Å². The Hall–Kier alpha value is -4.35. The number of hydrogen-bond donors (Lipinski definition) is 2. The molecule has 3 amide bonds. The molecule has 0 radical (unpaired) electrons. The SMILES string of the molecule is COC(=O)[C@@H]1CC(Oc2cc(-n3cccn3)nc3cc(OC)ccc23)CN1C(=O)C(NC(=O)NC(C)(C)C)C(C)(C)C. The number of nitrogens with one attached hydrogen (secondary N) is 2. The molecule has 4 rings (SSSR count). The zero-order valence-electron chi connectivity index (χ0n) is 25.4. The minimum Gasteiger partial charge on any atom is -0.497 e. The monoisotopic (exact) mass is 580 g/mol. The zero-order valence-corrected chi connectivity index (χ0v) is 25.4. The van der Waals surface area contributed by atoms with Crippen LogP contribution in [0, 0.1) is 5.41 Å². The van der Waals surface area contributed by atoms with Crippen LogP contribution < -0.4 is 20.1 Å². The van der Waals surface area contributed by atoms with Gasteiger partial charge >= 0.3 is 12.0 Å². The molecule has 2 N–H and O–H groups in total. The predicted molar refractivity (Wildman–Crippen MR) is 157 cm³/mol. The van der Waals surface area contributed by atoms with Gasteiger partial charge in [-0.3, -0.25) is 4.79 Å². The first-order valence-corrected chi connectivity index (χ1v) is 13.8. The smallest absolute Gasteiger partial charge is 0.328 e. The van der Waals surface area contributed by atoms with E-state index < -0.39 is 47.0 Å². The van der Waals surface area contributed by atoms with Crippen LogP contribution in [0.25, 0.3) is 16.7 Å². The van der Waals surface area contributed by atoms with Crippen molar-refractivity contribution < 1.29 is 28.6 Å². The second-order valence-corrected chi connectivity index (χ2v) is 12.5. The zero-order chi connectivity index (χ0) is 30.8. The number of likely N-dealkylation sites (tertiary alicyclic amines) is 1. The van der Waals surface area contributed by atoms with Gasteiger partial charge in [-0.2, -0.15) is 5.10 Å². The first-order chi connectivity index (χ1) is 19.7. The highest BCUT2D eigenvalue weighted by Crippen LogP contribution is 2.33. The third kappa shape index (κ3) is 6.92. The third-order valence-corrected chi connectivity index (χ3v) is 6.89. The number of urea groups is 1. The molecular weight excluding hydrogens is 540 g/mol. The Balaban J connectivity index is 1.65. The summed E-state index contributed by atoms with van der Waals surface area (Å²) in [5.74, 6) is 0.745. The van der Waals surface area contributed by atoms with Gasteiger partial charge in [0.05, 0.1) is 26.3 Å². The van der Waals surface area contributed by atoms with E-state index >= 15 is 0 Å². The van der Waals surface area contributed by atoms with Crippen LogP contribution in [-0.2, 0) is 14.3 Å². The summed E-state index contributed by atoms with van der Waals surface area (Å²) in [4.78, 5) is 45.8. The Labute approximate surface area is 245 Å². The Morgan fingerprint density at radius 1 is 1.07 bits per heavy atom. The maximum atomic E-state index is 14.0. The van der Waals surface area contributed by atoms with Crippen LogP contribution >= 0.6 is 0 Å². The number of rotatable bonds is 7. The first-order valence-electron chi connectivity index (χ1n) is 13.8. The molecule has 1 fully saturated rings. The van der Waals surface area contributed by atoms with E-state index in [9.17, 15) is 14.4 Å². The highest BCUT2D eigenvalue weighted by Gasteiger charge is 2.46. The number of benzene rings is 1. The highest BCUT2D eigenvalue weighted by molar-refractivity contribution is 5.92. The van der Waals surface area contributed by atoms with Gasteiger partial charge in [0.1, 0.15) is 29.7 Å². The molecule has 3 heterocycles. The van der Waals surface area contributed by atoms with Crippen molar-refractivity contribution in [2.75, 3.05) is 20.8 Å². The van der Waals surface area contributed by atoms with Gasteiger partial charge in [0.2, 0.25) is 5.91 Å². The molecule has 2 aromatic heterocycles. The molecule has 0 saturated carbocycles. The Kier molecular flexibility index (Phi) is 8.65. The highest BCUT2D eigenvalue weighted by atomic mass is 16.5. The summed E-state index contributed by atoms with van der Waals surface area (Å²) in [7, 11) is 2.87. The van der Waals surface area contributed by atoms with E-state index in [2.05, 4.69) is 15.7 Å². The lowest BCUT2D eigenvalue weighted by Crippen LogP contribution is -2.60. The summed E-state index contributed by atoms with van der Waals surface area (Å²) in [6.07, 6.45) is 3.10. The molecule has 0 aliphatic carbocycles. The van der Waals surface area contributed by atoms with Crippen LogP contribution in [0.1, 0.15) is 48.0 Å². The summed E-state index contributed by atoms with van der Waals surface area (Å²) >= 11 is 0. The summed E-state index contributed by atoms with van der Waals surface area (Å²) in [5, 5.41) is 10.7. The molecule has 3 aromatic rings. The number of carbonyl (C=O) groups is 3. The largest absolute Gasteiger partial charge is 0.497 e. The summed E-state index contributed by atoms with van der Waals surface area (Å²) in [5.41, 5.74) is -0.511. The molecule has 12 nitrogen and oxygen atoms in total. The molecule has 0 bridgehead atoms. The van der Waals surface area contributed by atoms with Crippen molar-refractivity contribution >= 4 is 28.8 Å². The number of amides is 3. The maximum absolute atomic E-state index is 14.0. The predicted octanol–water partition coefficient (Wildman–Crippen LogP) is 3.46. The minimum absolute atomic E-state index is 0.116. The second kappa shape index (κ2) is 11.9. The summed E-state index contributed by atoms with van der Waals surface area (Å²) < 4.78 is 18.6. The van der Waals surface area contributed by atoms with Gasteiger partial charge in [-0.05, 0) is 44.4 Å². The van der Waals surface area contributed by atoms with Crippen molar-refractivity contribution in [3.63, 3.8) is 0 Å². The third-order valence-electron chi connectivity index (χ3n) is 6.89. The standard InChI is InChI=1S/C30H40N6O6/c1-29(2,3)25(33-28(39)34-30(4,5)6)26(37)35-17-19(15-22(35)27(38)41-8)42-23-16-24(36-13-9-12-31-36)32-21-14-18(40-7)10-11-20(21)23/h9-14,16,19,22,25H,15,17H2,1-8H3,(H2,33,34,39)/t19?,22-,25?/m0/s1. The topological polar surface area (TPSA) is 137 Å². The maximum Gasteiger partial charge on any atom is 0.328 e. The molecule has 3 atom stereocenters. The van der Waals surface area contributed by atoms with E-state index in [1.165, 1.54) is 12.0 Å². The average molecular weight is 581 g/mol.